The number of carbonyl (C=O) groups is 1. The molecule has 4 heteroatoms. The summed E-state index contributed by atoms with van der Waals surface area (Å²) in [6.07, 6.45) is 0. The maximum absolute atomic E-state index is 10.7. The van der Waals surface area contributed by atoms with E-state index in [2.05, 4.69) is 5.16 Å². The second-order valence-electron chi connectivity index (χ2n) is 3.55. The molecule has 16 heavy (non-hydrogen) atoms. The third kappa shape index (κ3) is 1.95. The molecule has 1 atom stereocenters. The molecule has 0 aliphatic carbocycles. The van der Waals surface area contributed by atoms with Crippen LogP contribution in [0.5, 0.6) is 0 Å². The highest BCUT2D eigenvalue weighted by Gasteiger charge is 2.16. The van der Waals surface area contributed by atoms with Gasteiger partial charge < -0.3 is 9.63 Å². The smallest absolute Gasteiger partial charge is 0.358 e. The fourth-order valence-electron chi connectivity index (χ4n) is 1.50. The van der Waals surface area contributed by atoms with E-state index in [1.165, 1.54) is 6.07 Å². The summed E-state index contributed by atoms with van der Waals surface area (Å²) >= 11 is 0. The van der Waals surface area contributed by atoms with Gasteiger partial charge in [-0.3, -0.25) is 0 Å². The Morgan fingerprint density at radius 3 is 2.62 bits per heavy atom. The molecule has 1 N–H and O–H groups in total. The molecule has 0 amide bonds. The molecular weight excluding hydrogens is 206 g/mol. The first-order valence-electron chi connectivity index (χ1n) is 4.93. The van der Waals surface area contributed by atoms with Crippen molar-refractivity contribution >= 4 is 5.97 Å². The van der Waals surface area contributed by atoms with E-state index in [-0.39, 0.29) is 11.6 Å². The monoisotopic (exact) mass is 217 g/mol. The predicted octanol–water partition coefficient (Wildman–Crippen LogP) is 2.52. The van der Waals surface area contributed by atoms with Crippen LogP contribution >= 0.6 is 0 Å². The molecule has 2 aromatic rings. The number of aromatic carboxylic acids is 1. The van der Waals surface area contributed by atoms with Crippen LogP contribution in [0.15, 0.2) is 40.9 Å². The van der Waals surface area contributed by atoms with Crippen LogP contribution < -0.4 is 0 Å². The van der Waals surface area contributed by atoms with E-state index in [4.69, 9.17) is 9.63 Å². The Labute approximate surface area is 92.5 Å². The number of aromatic nitrogens is 1. The van der Waals surface area contributed by atoms with E-state index in [1.807, 2.05) is 37.3 Å². The number of carboxylic acid groups (broad SMARTS) is 1. The Balaban J connectivity index is 2.27. The molecule has 1 heterocycles. The summed E-state index contributed by atoms with van der Waals surface area (Å²) < 4.78 is 5.01. The molecule has 0 aliphatic heterocycles. The molecule has 1 unspecified atom stereocenters. The lowest BCUT2D eigenvalue weighted by molar-refractivity contribution is 0.0685. The molecule has 0 aliphatic rings. The maximum atomic E-state index is 10.7. The van der Waals surface area contributed by atoms with Gasteiger partial charge in [0.15, 0.2) is 5.69 Å². The van der Waals surface area contributed by atoms with Crippen molar-refractivity contribution in [3.8, 4) is 0 Å². The first-order valence-corrected chi connectivity index (χ1v) is 4.93. The quantitative estimate of drug-likeness (QED) is 0.858. The summed E-state index contributed by atoms with van der Waals surface area (Å²) in [5, 5.41) is 12.2. The second-order valence-corrected chi connectivity index (χ2v) is 3.55. The first-order chi connectivity index (χ1) is 7.68. The van der Waals surface area contributed by atoms with Gasteiger partial charge in [-0.05, 0) is 5.56 Å². The van der Waals surface area contributed by atoms with Gasteiger partial charge in [0.1, 0.15) is 5.76 Å². The third-order valence-corrected chi connectivity index (χ3v) is 2.47. The summed E-state index contributed by atoms with van der Waals surface area (Å²) in [6, 6.07) is 11.2. The van der Waals surface area contributed by atoms with Gasteiger partial charge in [0.2, 0.25) is 0 Å². The molecule has 0 saturated carbocycles. The zero-order chi connectivity index (χ0) is 11.5. The Hall–Kier alpha value is -2.10. The lowest BCUT2D eigenvalue weighted by Crippen LogP contribution is -1.96. The van der Waals surface area contributed by atoms with Crippen molar-refractivity contribution in [2.24, 2.45) is 0 Å². The summed E-state index contributed by atoms with van der Waals surface area (Å²) in [5.74, 6) is -0.513. The van der Waals surface area contributed by atoms with Crippen molar-refractivity contribution in [3.05, 3.63) is 53.4 Å². The van der Waals surface area contributed by atoms with Gasteiger partial charge in [-0.25, -0.2) is 4.79 Å². The Bertz CT molecular complexity index is 490. The summed E-state index contributed by atoms with van der Waals surface area (Å²) in [5.41, 5.74) is 1.01. The van der Waals surface area contributed by atoms with Gasteiger partial charge in [0.05, 0.1) is 0 Å². The van der Waals surface area contributed by atoms with Crippen molar-refractivity contribution in [1.29, 1.82) is 0 Å². The molecular formula is C12H11NO3. The highest BCUT2D eigenvalue weighted by Crippen LogP contribution is 2.24. The summed E-state index contributed by atoms with van der Waals surface area (Å²) in [6.45, 7) is 1.95. The number of hydrogen-bond acceptors (Lipinski definition) is 3. The standard InChI is InChI=1S/C12H11NO3/c1-8(9-5-3-2-4-6-9)11-7-10(12(14)15)13-16-11/h2-8H,1H3,(H,14,15). The largest absolute Gasteiger partial charge is 0.476 e. The molecule has 4 nitrogen and oxygen atoms in total. The maximum Gasteiger partial charge on any atom is 0.358 e. The van der Waals surface area contributed by atoms with Crippen molar-refractivity contribution in [1.82, 2.24) is 5.16 Å². The zero-order valence-electron chi connectivity index (χ0n) is 8.75. The molecule has 0 bridgehead atoms. The molecule has 2 rings (SSSR count). The molecule has 0 fully saturated rings. The molecule has 82 valence electrons. The van der Waals surface area contributed by atoms with Gasteiger partial charge in [-0.2, -0.15) is 0 Å². The highest BCUT2D eigenvalue weighted by atomic mass is 16.5. The number of benzene rings is 1. The highest BCUT2D eigenvalue weighted by molar-refractivity contribution is 5.85. The van der Waals surface area contributed by atoms with Crippen LogP contribution in [-0.4, -0.2) is 16.2 Å². The van der Waals surface area contributed by atoms with E-state index in [0.29, 0.717) is 5.76 Å². The van der Waals surface area contributed by atoms with Crippen molar-refractivity contribution in [2.45, 2.75) is 12.8 Å². The second kappa shape index (κ2) is 4.18. The lowest BCUT2D eigenvalue weighted by atomic mass is 9.99. The van der Waals surface area contributed by atoms with Gasteiger partial charge in [0.25, 0.3) is 0 Å². The molecule has 1 aromatic heterocycles. The zero-order valence-corrected chi connectivity index (χ0v) is 8.75. The fraction of sp³-hybridized carbons (Fsp3) is 0.167. The van der Waals surface area contributed by atoms with Gasteiger partial charge in [-0.15, -0.1) is 0 Å². The van der Waals surface area contributed by atoms with Crippen LogP contribution in [0.1, 0.15) is 34.7 Å². The van der Waals surface area contributed by atoms with E-state index < -0.39 is 5.97 Å². The van der Waals surface area contributed by atoms with Crippen LogP contribution in [0.25, 0.3) is 0 Å². The van der Waals surface area contributed by atoms with Gasteiger partial charge >= 0.3 is 5.97 Å². The third-order valence-electron chi connectivity index (χ3n) is 2.47. The van der Waals surface area contributed by atoms with Crippen LogP contribution in [0.2, 0.25) is 0 Å². The van der Waals surface area contributed by atoms with Crippen molar-refractivity contribution < 1.29 is 14.4 Å². The SMILES string of the molecule is CC(c1ccccc1)c1cc(C(=O)O)no1. The minimum atomic E-state index is -1.07. The first kappa shape index (κ1) is 10.4. The van der Waals surface area contributed by atoms with Gasteiger partial charge in [-0.1, -0.05) is 42.4 Å². The molecule has 0 radical (unpaired) electrons. The van der Waals surface area contributed by atoms with Crippen molar-refractivity contribution in [2.75, 3.05) is 0 Å². The predicted molar refractivity (Wildman–Crippen MR) is 57.4 cm³/mol. The average Bonchev–Trinajstić information content (AvgIpc) is 2.78. The Morgan fingerprint density at radius 1 is 1.38 bits per heavy atom. The fourth-order valence-corrected chi connectivity index (χ4v) is 1.50. The molecule has 0 spiro atoms. The average molecular weight is 217 g/mol. The van der Waals surface area contributed by atoms with E-state index >= 15 is 0 Å². The van der Waals surface area contributed by atoms with E-state index in [1.54, 1.807) is 0 Å². The van der Waals surface area contributed by atoms with Crippen LogP contribution in [-0.2, 0) is 0 Å². The van der Waals surface area contributed by atoms with Crippen LogP contribution in [0.3, 0.4) is 0 Å². The van der Waals surface area contributed by atoms with Gasteiger partial charge in [0, 0.05) is 12.0 Å². The lowest BCUT2D eigenvalue weighted by Gasteiger charge is -2.06. The molecule has 0 saturated heterocycles. The van der Waals surface area contributed by atoms with Crippen LogP contribution in [0.4, 0.5) is 0 Å². The number of hydrogen-bond donors (Lipinski definition) is 1. The minimum Gasteiger partial charge on any atom is -0.476 e. The van der Waals surface area contributed by atoms with Crippen LogP contribution in [0, 0.1) is 0 Å². The minimum absolute atomic E-state index is 0.00167. The molecule has 1 aromatic carbocycles. The normalized spacial score (nSPS) is 12.3. The van der Waals surface area contributed by atoms with Crippen molar-refractivity contribution in [3.63, 3.8) is 0 Å². The number of carboxylic acids is 1. The Morgan fingerprint density at radius 2 is 2.06 bits per heavy atom. The number of nitrogens with zero attached hydrogens (tertiary/aromatic N) is 1. The topological polar surface area (TPSA) is 63.3 Å². The number of rotatable bonds is 3. The Kier molecular flexibility index (Phi) is 2.72. The summed E-state index contributed by atoms with van der Waals surface area (Å²) in [7, 11) is 0. The van der Waals surface area contributed by atoms with E-state index in [0.717, 1.165) is 5.56 Å². The van der Waals surface area contributed by atoms with E-state index in [9.17, 15) is 4.79 Å². The summed E-state index contributed by atoms with van der Waals surface area (Å²) in [4.78, 5) is 10.7.